The second kappa shape index (κ2) is 10.4. The van der Waals surface area contributed by atoms with Crippen molar-refractivity contribution in [3.05, 3.63) is 11.6 Å². The maximum Gasteiger partial charge on any atom is 0.302 e. The third kappa shape index (κ3) is 8.63. The molecule has 0 aromatic carbocycles. The van der Waals surface area contributed by atoms with Gasteiger partial charge in [-0.25, -0.2) is 0 Å². The van der Waals surface area contributed by atoms with Gasteiger partial charge in [-0.3, -0.25) is 9.59 Å². The van der Waals surface area contributed by atoms with Crippen molar-refractivity contribution in [3.8, 4) is 0 Å². The summed E-state index contributed by atoms with van der Waals surface area (Å²) in [5.41, 5.74) is 1.10. The number of Topliss-reactive ketones (excluding diaryl/α,β-unsaturated/α-hetero) is 1. The van der Waals surface area contributed by atoms with E-state index in [0.717, 1.165) is 18.4 Å². The lowest BCUT2D eigenvalue weighted by Crippen LogP contribution is -2.45. The Morgan fingerprint density at radius 2 is 1.65 bits per heavy atom. The molecule has 0 amide bonds. The van der Waals surface area contributed by atoms with Gasteiger partial charge in [0.2, 0.25) is 0 Å². The highest BCUT2D eigenvalue weighted by molar-refractivity contribution is 6.74. The zero-order chi connectivity index (χ0) is 20.7. The van der Waals surface area contributed by atoms with Crippen LogP contribution < -0.4 is 0 Å². The van der Waals surface area contributed by atoms with Crippen molar-refractivity contribution in [1.82, 2.24) is 0 Å². The van der Waals surface area contributed by atoms with Gasteiger partial charge < -0.3 is 9.16 Å². The SMILES string of the molecule is CCC[C@H](C/C(C)=C/[C@@H](O[Si](C)(C)C(C)(C)C)[C@@H](C)C(C)=O)OC(C)=O. The summed E-state index contributed by atoms with van der Waals surface area (Å²) in [5.74, 6) is -0.317. The van der Waals surface area contributed by atoms with Gasteiger partial charge in [0.05, 0.1) is 6.10 Å². The van der Waals surface area contributed by atoms with Gasteiger partial charge in [-0.15, -0.1) is 0 Å². The molecule has 0 unspecified atom stereocenters. The number of carbonyl (C=O) groups excluding carboxylic acids is 2. The van der Waals surface area contributed by atoms with E-state index in [1.54, 1.807) is 6.92 Å². The van der Waals surface area contributed by atoms with Gasteiger partial charge in [-0.1, -0.05) is 52.7 Å². The van der Waals surface area contributed by atoms with E-state index in [-0.39, 0.29) is 34.9 Å². The van der Waals surface area contributed by atoms with Crippen LogP contribution in [0.5, 0.6) is 0 Å². The predicted octanol–water partition coefficient (Wildman–Crippen LogP) is 5.67. The largest absolute Gasteiger partial charge is 0.462 e. The minimum absolute atomic E-state index is 0.0754. The lowest BCUT2D eigenvalue weighted by atomic mass is 9.96. The summed E-state index contributed by atoms with van der Waals surface area (Å²) in [5, 5.41) is 0.0754. The average molecular weight is 385 g/mol. The van der Waals surface area contributed by atoms with Crippen LogP contribution in [0.2, 0.25) is 18.1 Å². The number of ketones is 1. The van der Waals surface area contributed by atoms with Gasteiger partial charge in [0.1, 0.15) is 11.9 Å². The number of hydrogen-bond acceptors (Lipinski definition) is 4. The molecule has 0 saturated carbocycles. The molecule has 0 spiro atoms. The summed E-state index contributed by atoms with van der Waals surface area (Å²) in [6.07, 6.45) is 4.18. The smallest absolute Gasteiger partial charge is 0.302 e. The number of carbonyl (C=O) groups is 2. The molecule has 0 saturated heterocycles. The quantitative estimate of drug-likeness (QED) is 0.277. The minimum atomic E-state index is -2.01. The van der Waals surface area contributed by atoms with Gasteiger partial charge >= 0.3 is 5.97 Å². The van der Waals surface area contributed by atoms with Crippen LogP contribution in [-0.4, -0.2) is 32.3 Å². The molecule has 4 nitrogen and oxygen atoms in total. The van der Waals surface area contributed by atoms with Gasteiger partial charge in [0.25, 0.3) is 0 Å². The monoisotopic (exact) mass is 384 g/mol. The maximum absolute atomic E-state index is 12.0. The van der Waals surface area contributed by atoms with Crippen molar-refractivity contribution < 1.29 is 18.8 Å². The second-order valence-corrected chi connectivity index (χ2v) is 13.7. The fourth-order valence-corrected chi connectivity index (χ4v) is 3.80. The minimum Gasteiger partial charge on any atom is -0.462 e. The molecule has 0 aromatic heterocycles. The van der Waals surface area contributed by atoms with Crippen molar-refractivity contribution in [2.75, 3.05) is 0 Å². The third-order valence-corrected chi connectivity index (χ3v) is 9.79. The van der Waals surface area contributed by atoms with Crippen molar-refractivity contribution in [2.45, 2.75) is 105 Å². The summed E-state index contributed by atoms with van der Waals surface area (Å²) in [6.45, 7) is 20.1. The molecular weight excluding hydrogens is 344 g/mol. The fraction of sp³-hybridized carbons (Fsp3) is 0.810. The Labute approximate surface area is 161 Å². The predicted molar refractivity (Wildman–Crippen MR) is 111 cm³/mol. The summed E-state index contributed by atoms with van der Waals surface area (Å²) in [4.78, 5) is 23.3. The molecule has 0 rings (SSSR count). The average Bonchev–Trinajstić information content (AvgIpc) is 2.43. The number of rotatable bonds is 10. The van der Waals surface area contributed by atoms with Crippen LogP contribution in [0.15, 0.2) is 11.6 Å². The highest BCUT2D eigenvalue weighted by Gasteiger charge is 2.40. The molecule has 0 N–H and O–H groups in total. The van der Waals surface area contributed by atoms with Crippen LogP contribution in [0, 0.1) is 5.92 Å². The van der Waals surface area contributed by atoms with Crippen LogP contribution in [-0.2, 0) is 18.8 Å². The Kier molecular flexibility index (Phi) is 10.0. The van der Waals surface area contributed by atoms with E-state index in [9.17, 15) is 9.59 Å². The van der Waals surface area contributed by atoms with Crippen molar-refractivity contribution >= 4 is 20.1 Å². The topological polar surface area (TPSA) is 52.6 Å². The Balaban J connectivity index is 5.46. The van der Waals surface area contributed by atoms with E-state index in [2.05, 4.69) is 46.9 Å². The summed E-state index contributed by atoms with van der Waals surface area (Å²) >= 11 is 0. The standard InChI is InChI=1S/C21H40O4Si/c1-11-12-19(24-18(5)23)13-15(2)14-20(16(3)17(4)22)25-26(9,10)21(6,7)8/h14,16,19-20H,11-13H2,1-10H3/b15-14+/t16-,19+,20+/m0/s1. The summed E-state index contributed by atoms with van der Waals surface area (Å²) in [6, 6.07) is 0. The molecule has 0 bridgehead atoms. The van der Waals surface area contributed by atoms with E-state index in [1.807, 2.05) is 13.8 Å². The summed E-state index contributed by atoms with van der Waals surface area (Å²) < 4.78 is 12.0. The van der Waals surface area contributed by atoms with Crippen molar-refractivity contribution in [2.24, 2.45) is 5.92 Å². The second-order valence-electron chi connectivity index (χ2n) is 8.98. The molecule has 0 aliphatic carbocycles. The van der Waals surface area contributed by atoms with Crippen LogP contribution >= 0.6 is 0 Å². The molecule has 0 heterocycles. The molecular formula is C21H40O4Si. The van der Waals surface area contributed by atoms with Crippen LogP contribution in [0.25, 0.3) is 0 Å². The zero-order valence-electron chi connectivity index (χ0n) is 18.6. The van der Waals surface area contributed by atoms with Gasteiger partial charge in [-0.05, 0) is 38.4 Å². The van der Waals surface area contributed by atoms with E-state index < -0.39 is 8.32 Å². The molecule has 3 atom stereocenters. The highest BCUT2D eigenvalue weighted by Crippen LogP contribution is 2.38. The van der Waals surface area contributed by atoms with Gasteiger partial charge in [0, 0.05) is 19.3 Å². The Morgan fingerprint density at radius 3 is 2.04 bits per heavy atom. The lowest BCUT2D eigenvalue weighted by molar-refractivity contribution is -0.146. The molecule has 0 aliphatic heterocycles. The zero-order valence-corrected chi connectivity index (χ0v) is 19.6. The van der Waals surface area contributed by atoms with E-state index >= 15 is 0 Å². The fourth-order valence-electron chi connectivity index (χ4n) is 2.50. The van der Waals surface area contributed by atoms with Crippen LogP contribution in [0.3, 0.4) is 0 Å². The first-order valence-electron chi connectivity index (χ1n) is 9.74. The van der Waals surface area contributed by atoms with Crippen molar-refractivity contribution in [3.63, 3.8) is 0 Å². The molecule has 5 heteroatoms. The van der Waals surface area contributed by atoms with Gasteiger partial charge in [0.15, 0.2) is 8.32 Å². The third-order valence-electron chi connectivity index (χ3n) is 5.31. The highest BCUT2D eigenvalue weighted by atomic mass is 28.4. The Bertz CT molecular complexity index is 503. The van der Waals surface area contributed by atoms with E-state index in [0.29, 0.717) is 6.42 Å². The first kappa shape index (κ1) is 25.1. The Morgan fingerprint density at radius 1 is 1.12 bits per heavy atom. The number of ether oxygens (including phenoxy) is 1. The maximum atomic E-state index is 12.0. The van der Waals surface area contributed by atoms with Crippen molar-refractivity contribution in [1.29, 1.82) is 0 Å². The van der Waals surface area contributed by atoms with Crippen LogP contribution in [0.1, 0.15) is 74.7 Å². The van der Waals surface area contributed by atoms with E-state index in [4.69, 9.17) is 9.16 Å². The first-order chi connectivity index (χ1) is 11.7. The molecule has 0 fully saturated rings. The molecule has 152 valence electrons. The molecule has 0 aliphatic rings. The lowest BCUT2D eigenvalue weighted by Gasteiger charge is -2.40. The molecule has 26 heavy (non-hydrogen) atoms. The van der Waals surface area contributed by atoms with E-state index in [1.165, 1.54) is 6.92 Å². The van der Waals surface area contributed by atoms with Gasteiger partial charge in [-0.2, -0.15) is 0 Å². The molecule has 0 aromatic rings. The first-order valence-corrected chi connectivity index (χ1v) is 12.6. The van der Waals surface area contributed by atoms with Crippen LogP contribution in [0.4, 0.5) is 0 Å². The number of esters is 1. The Hall–Kier alpha value is -0.943. The molecule has 0 radical (unpaired) electrons. The number of hydrogen-bond donors (Lipinski definition) is 0. The summed E-state index contributed by atoms with van der Waals surface area (Å²) in [7, 11) is -2.01. The normalized spacial score (nSPS) is 16.8.